The van der Waals surface area contributed by atoms with Gasteiger partial charge in [-0.05, 0) is 5.56 Å². The minimum Gasteiger partial charge on any atom is -1.00 e. The molecule has 1 aromatic carbocycles. The van der Waals surface area contributed by atoms with E-state index in [0.717, 1.165) is 36.0 Å². The first-order valence-electron chi connectivity index (χ1n) is 7.27. The molecule has 1 N–H and O–H groups in total. The first kappa shape index (κ1) is 16.7. The molecule has 2 aliphatic heterocycles. The molecule has 2 fully saturated rings. The van der Waals surface area contributed by atoms with Crippen molar-refractivity contribution in [1.29, 1.82) is 0 Å². The van der Waals surface area contributed by atoms with Gasteiger partial charge in [0, 0.05) is 12.8 Å². The molecule has 0 aromatic heterocycles. The van der Waals surface area contributed by atoms with Crippen molar-refractivity contribution in [2.45, 2.75) is 18.4 Å². The first-order chi connectivity index (χ1) is 9.43. The summed E-state index contributed by atoms with van der Waals surface area (Å²) in [5.74, 6) is 0.605. The van der Waals surface area contributed by atoms with Crippen LogP contribution < -0.4 is 12.4 Å². The van der Waals surface area contributed by atoms with Crippen LogP contribution in [0, 0.1) is 0 Å². The molecule has 6 heteroatoms. The Hall–Kier alpha value is -0.620. The van der Waals surface area contributed by atoms with Crippen LogP contribution in [0.1, 0.15) is 18.4 Å². The minimum absolute atomic E-state index is 0. The van der Waals surface area contributed by atoms with Gasteiger partial charge in [0.25, 0.3) is 0 Å². The SMILES string of the molecule is O=S1(=O)CC[N+]2(CCC(O)(c3ccccc3)CC2)CC1.[Cl-]. The predicted molar refractivity (Wildman–Crippen MR) is 78.0 cm³/mol. The summed E-state index contributed by atoms with van der Waals surface area (Å²) in [5, 5.41) is 10.8. The molecule has 0 saturated carbocycles. The summed E-state index contributed by atoms with van der Waals surface area (Å²) in [6.45, 7) is 3.18. The summed E-state index contributed by atoms with van der Waals surface area (Å²) in [6.07, 6.45) is 1.44. The number of hydrogen-bond donors (Lipinski definition) is 1. The molecule has 0 aliphatic carbocycles. The van der Waals surface area contributed by atoms with E-state index in [0.29, 0.717) is 24.6 Å². The zero-order valence-electron chi connectivity index (χ0n) is 12.0. The second kappa shape index (κ2) is 5.88. The van der Waals surface area contributed by atoms with Crippen molar-refractivity contribution in [2.75, 3.05) is 37.7 Å². The minimum atomic E-state index is -2.82. The number of rotatable bonds is 1. The third-order valence-corrected chi connectivity index (χ3v) is 6.67. The molecular formula is C15H22ClNO3S. The number of nitrogens with zero attached hydrogens (tertiary/aromatic N) is 1. The van der Waals surface area contributed by atoms with Gasteiger partial charge in [-0.2, -0.15) is 0 Å². The maximum Gasteiger partial charge on any atom is 0.161 e. The van der Waals surface area contributed by atoms with Crippen molar-refractivity contribution in [3.05, 3.63) is 35.9 Å². The Labute approximate surface area is 132 Å². The lowest BCUT2D eigenvalue weighted by molar-refractivity contribution is -0.931. The van der Waals surface area contributed by atoms with Crippen LogP contribution in [0.2, 0.25) is 0 Å². The van der Waals surface area contributed by atoms with E-state index in [1.54, 1.807) is 0 Å². The highest BCUT2D eigenvalue weighted by Gasteiger charge is 2.44. The summed E-state index contributed by atoms with van der Waals surface area (Å²) in [4.78, 5) is 0. The first-order valence-corrected chi connectivity index (χ1v) is 9.09. The number of halogens is 1. The number of aliphatic hydroxyl groups is 1. The lowest BCUT2D eigenvalue weighted by atomic mass is 9.83. The Kier molecular flexibility index (Phi) is 4.69. The van der Waals surface area contributed by atoms with E-state index in [4.69, 9.17) is 0 Å². The average molecular weight is 332 g/mol. The highest BCUT2D eigenvalue weighted by molar-refractivity contribution is 7.91. The fourth-order valence-corrected chi connectivity index (χ4v) is 4.98. The molecule has 118 valence electrons. The quantitative estimate of drug-likeness (QED) is 0.601. The van der Waals surface area contributed by atoms with Gasteiger partial charge in [0.1, 0.15) is 5.60 Å². The molecule has 0 unspecified atom stereocenters. The number of quaternary nitrogens is 1. The van der Waals surface area contributed by atoms with E-state index in [2.05, 4.69) is 0 Å². The van der Waals surface area contributed by atoms with Gasteiger partial charge in [0.15, 0.2) is 9.84 Å². The maximum atomic E-state index is 11.6. The van der Waals surface area contributed by atoms with Crippen molar-refractivity contribution in [1.82, 2.24) is 0 Å². The van der Waals surface area contributed by atoms with Gasteiger partial charge >= 0.3 is 0 Å². The molecule has 4 nitrogen and oxygen atoms in total. The zero-order valence-corrected chi connectivity index (χ0v) is 13.6. The molecule has 1 aromatic rings. The van der Waals surface area contributed by atoms with Crippen molar-refractivity contribution in [3.8, 4) is 0 Å². The van der Waals surface area contributed by atoms with Crippen LogP contribution in [-0.2, 0) is 15.4 Å². The predicted octanol–water partition coefficient (Wildman–Crippen LogP) is -2.08. The number of benzene rings is 1. The number of hydrogen-bond acceptors (Lipinski definition) is 3. The van der Waals surface area contributed by atoms with Crippen molar-refractivity contribution in [2.24, 2.45) is 0 Å². The van der Waals surface area contributed by atoms with Crippen LogP contribution in [0.3, 0.4) is 0 Å². The largest absolute Gasteiger partial charge is 1.00 e. The van der Waals surface area contributed by atoms with Crippen LogP contribution >= 0.6 is 0 Å². The van der Waals surface area contributed by atoms with E-state index in [1.807, 2.05) is 30.3 Å². The molecule has 3 rings (SSSR count). The highest BCUT2D eigenvalue weighted by Crippen LogP contribution is 2.36. The molecule has 0 atom stereocenters. The second-order valence-corrected chi connectivity index (χ2v) is 8.59. The standard InChI is InChI=1S/C15H22NO3S.ClH/c17-15(14-4-2-1-3-5-14)6-8-16(9-7-15)10-12-20(18,19)13-11-16;/h1-5,17H,6-13H2;1H/q+1;/p-1. The normalized spacial score (nSPS) is 26.0. The second-order valence-electron chi connectivity index (χ2n) is 6.29. The summed E-state index contributed by atoms with van der Waals surface area (Å²) in [5.41, 5.74) is 0.253. The van der Waals surface area contributed by atoms with Crippen LogP contribution in [0.4, 0.5) is 0 Å². The molecule has 2 heterocycles. The van der Waals surface area contributed by atoms with E-state index in [-0.39, 0.29) is 12.4 Å². The van der Waals surface area contributed by atoms with Gasteiger partial charge in [-0.15, -0.1) is 0 Å². The molecule has 2 saturated heterocycles. The van der Waals surface area contributed by atoms with Crippen molar-refractivity contribution < 1.29 is 30.4 Å². The number of sulfone groups is 1. The van der Waals surface area contributed by atoms with Crippen molar-refractivity contribution >= 4 is 9.84 Å². The Morgan fingerprint density at radius 1 is 0.952 bits per heavy atom. The third-order valence-electron chi connectivity index (χ3n) is 5.06. The zero-order chi connectivity index (χ0) is 14.3. The van der Waals surface area contributed by atoms with E-state index < -0.39 is 15.4 Å². The van der Waals surface area contributed by atoms with E-state index >= 15 is 0 Å². The van der Waals surface area contributed by atoms with Gasteiger partial charge in [-0.3, -0.25) is 0 Å². The Morgan fingerprint density at radius 2 is 1.48 bits per heavy atom. The molecule has 0 bridgehead atoms. The number of piperidine rings is 1. The average Bonchev–Trinajstić information content (AvgIpc) is 2.47. The van der Waals surface area contributed by atoms with Gasteiger partial charge in [-0.1, -0.05) is 30.3 Å². The van der Waals surface area contributed by atoms with Gasteiger partial charge in [0.2, 0.25) is 0 Å². The van der Waals surface area contributed by atoms with Gasteiger partial charge in [0.05, 0.1) is 37.7 Å². The molecule has 2 aliphatic rings. The fourth-order valence-electron chi connectivity index (χ4n) is 3.44. The smallest absolute Gasteiger partial charge is 0.161 e. The molecule has 0 amide bonds. The Bertz CT molecular complexity index is 564. The lowest BCUT2D eigenvalue weighted by Gasteiger charge is -2.48. The lowest BCUT2D eigenvalue weighted by Crippen LogP contribution is -3.00. The van der Waals surface area contributed by atoms with E-state index in [9.17, 15) is 13.5 Å². The summed E-state index contributed by atoms with van der Waals surface area (Å²) < 4.78 is 24.0. The van der Waals surface area contributed by atoms with Crippen LogP contribution in [0.25, 0.3) is 0 Å². The van der Waals surface area contributed by atoms with Gasteiger partial charge < -0.3 is 22.0 Å². The summed E-state index contributed by atoms with van der Waals surface area (Å²) in [6, 6.07) is 9.84. The summed E-state index contributed by atoms with van der Waals surface area (Å²) >= 11 is 0. The highest BCUT2D eigenvalue weighted by atomic mass is 35.5. The van der Waals surface area contributed by atoms with Gasteiger partial charge in [-0.25, -0.2) is 8.42 Å². The molecule has 0 radical (unpaired) electrons. The van der Waals surface area contributed by atoms with Crippen LogP contribution in [-0.4, -0.2) is 55.7 Å². The monoisotopic (exact) mass is 331 g/mol. The Morgan fingerprint density at radius 3 is 2.00 bits per heavy atom. The third kappa shape index (κ3) is 3.42. The van der Waals surface area contributed by atoms with E-state index in [1.165, 1.54) is 0 Å². The summed E-state index contributed by atoms with van der Waals surface area (Å²) in [7, 11) is -2.82. The van der Waals surface area contributed by atoms with Crippen molar-refractivity contribution in [3.63, 3.8) is 0 Å². The Balaban J connectivity index is 0.00000161. The molecule has 1 spiro atoms. The topological polar surface area (TPSA) is 54.4 Å². The van der Waals surface area contributed by atoms with Crippen LogP contribution in [0.5, 0.6) is 0 Å². The fraction of sp³-hybridized carbons (Fsp3) is 0.600. The maximum absolute atomic E-state index is 11.6. The molecule has 21 heavy (non-hydrogen) atoms. The molecular weight excluding hydrogens is 310 g/mol. The van der Waals surface area contributed by atoms with Crippen LogP contribution in [0.15, 0.2) is 30.3 Å².